The normalized spacial score (nSPS) is 18.3. The van der Waals surface area contributed by atoms with E-state index in [2.05, 4.69) is 17.1 Å². The summed E-state index contributed by atoms with van der Waals surface area (Å²) in [6.45, 7) is 1.79. The highest BCUT2D eigenvalue weighted by atomic mass is 32.2. The van der Waals surface area contributed by atoms with Gasteiger partial charge in [-0.25, -0.2) is 0 Å². The van der Waals surface area contributed by atoms with Crippen molar-refractivity contribution in [3.63, 3.8) is 0 Å². The topological polar surface area (TPSA) is 39.7 Å². The maximum Gasteiger partial charge on any atom is 0.203 e. The van der Waals surface area contributed by atoms with Crippen LogP contribution in [0.4, 0.5) is 0 Å². The average Bonchev–Trinajstić information content (AvgIpc) is 2.55. The van der Waals surface area contributed by atoms with Crippen LogP contribution >= 0.6 is 23.5 Å². The van der Waals surface area contributed by atoms with Crippen LogP contribution < -0.4 is 19.5 Å². The van der Waals surface area contributed by atoms with Crippen LogP contribution in [-0.4, -0.2) is 50.4 Å². The first-order valence-corrected chi connectivity index (χ1v) is 9.18. The third-order valence-corrected chi connectivity index (χ3v) is 6.20. The van der Waals surface area contributed by atoms with Crippen LogP contribution in [0.3, 0.4) is 0 Å². The molecule has 1 aliphatic heterocycles. The van der Waals surface area contributed by atoms with Gasteiger partial charge in [-0.15, -0.1) is 0 Å². The molecule has 2 rings (SSSR count). The Labute approximate surface area is 135 Å². The lowest BCUT2D eigenvalue weighted by molar-refractivity contribution is 0.321. The number of ether oxygens (including phenoxy) is 3. The van der Waals surface area contributed by atoms with Gasteiger partial charge >= 0.3 is 0 Å². The van der Waals surface area contributed by atoms with Crippen molar-refractivity contribution in [3.8, 4) is 17.2 Å². The first kappa shape index (κ1) is 16.6. The monoisotopic (exact) mass is 329 g/mol. The summed E-state index contributed by atoms with van der Waals surface area (Å²) < 4.78 is 16.2. The van der Waals surface area contributed by atoms with Crippen molar-refractivity contribution in [1.82, 2.24) is 5.32 Å². The Kier molecular flexibility index (Phi) is 6.86. The van der Waals surface area contributed by atoms with E-state index < -0.39 is 0 Å². The van der Waals surface area contributed by atoms with E-state index in [1.54, 1.807) is 21.3 Å². The molecule has 1 aromatic rings. The average molecular weight is 329 g/mol. The van der Waals surface area contributed by atoms with E-state index in [9.17, 15) is 0 Å². The fourth-order valence-electron chi connectivity index (χ4n) is 2.32. The van der Waals surface area contributed by atoms with Gasteiger partial charge in [-0.2, -0.15) is 23.5 Å². The Hall–Kier alpha value is -0.720. The Morgan fingerprint density at radius 3 is 2.52 bits per heavy atom. The largest absolute Gasteiger partial charge is 0.493 e. The minimum atomic E-state index is 0.655. The quantitative estimate of drug-likeness (QED) is 0.829. The van der Waals surface area contributed by atoms with Crippen LogP contribution in [0.25, 0.3) is 0 Å². The highest BCUT2D eigenvalue weighted by Gasteiger charge is 2.17. The number of benzene rings is 1. The van der Waals surface area contributed by atoms with Gasteiger partial charge in [0, 0.05) is 41.2 Å². The zero-order valence-corrected chi connectivity index (χ0v) is 14.4. The van der Waals surface area contributed by atoms with Crippen LogP contribution in [0.1, 0.15) is 5.56 Å². The van der Waals surface area contributed by atoms with Crippen molar-refractivity contribution in [3.05, 3.63) is 17.7 Å². The maximum atomic E-state index is 5.50. The van der Waals surface area contributed by atoms with E-state index in [4.69, 9.17) is 14.2 Å². The number of hydrogen-bond acceptors (Lipinski definition) is 6. The SMILES string of the molecule is COc1ccc(CNCC2CSCCS2)c(OC)c1OC. The maximum absolute atomic E-state index is 5.50. The molecule has 0 bridgehead atoms. The Morgan fingerprint density at radius 2 is 1.90 bits per heavy atom. The zero-order chi connectivity index (χ0) is 15.1. The molecular formula is C15H23NO3S2. The van der Waals surface area contributed by atoms with Gasteiger partial charge < -0.3 is 19.5 Å². The second-order valence-electron chi connectivity index (χ2n) is 4.69. The Balaban J connectivity index is 1.98. The Bertz CT molecular complexity index is 451. The summed E-state index contributed by atoms with van der Waals surface area (Å²) in [6.07, 6.45) is 0. The molecule has 6 heteroatoms. The number of hydrogen-bond donors (Lipinski definition) is 1. The van der Waals surface area contributed by atoms with E-state index >= 15 is 0 Å². The Morgan fingerprint density at radius 1 is 1.10 bits per heavy atom. The van der Waals surface area contributed by atoms with Crippen LogP contribution in [0, 0.1) is 0 Å². The number of methoxy groups -OCH3 is 3. The van der Waals surface area contributed by atoms with Gasteiger partial charge in [0.2, 0.25) is 5.75 Å². The molecular weight excluding hydrogens is 306 g/mol. The molecule has 1 heterocycles. The van der Waals surface area contributed by atoms with Crippen LogP contribution in [0.5, 0.6) is 17.2 Å². The van der Waals surface area contributed by atoms with Gasteiger partial charge in [0.15, 0.2) is 11.5 Å². The van der Waals surface area contributed by atoms with E-state index in [-0.39, 0.29) is 0 Å². The highest BCUT2D eigenvalue weighted by molar-refractivity contribution is 8.06. The minimum absolute atomic E-state index is 0.655. The lowest BCUT2D eigenvalue weighted by atomic mass is 10.1. The molecule has 1 N–H and O–H groups in total. The van der Waals surface area contributed by atoms with Gasteiger partial charge in [-0.3, -0.25) is 0 Å². The summed E-state index contributed by atoms with van der Waals surface area (Å²) in [5.41, 5.74) is 1.09. The minimum Gasteiger partial charge on any atom is -0.493 e. The standard InChI is InChI=1S/C15H23NO3S2/c1-17-13-5-4-11(14(18-2)15(13)19-3)8-16-9-12-10-20-6-7-21-12/h4-5,12,16H,6-10H2,1-3H3. The van der Waals surface area contributed by atoms with Gasteiger partial charge in [-0.05, 0) is 6.07 Å². The molecule has 4 nitrogen and oxygen atoms in total. The highest BCUT2D eigenvalue weighted by Crippen LogP contribution is 2.39. The van der Waals surface area contributed by atoms with Crippen molar-refractivity contribution in [2.75, 3.05) is 45.1 Å². The second kappa shape index (κ2) is 8.66. The molecule has 1 atom stereocenters. The first-order valence-electron chi connectivity index (χ1n) is 6.98. The molecule has 0 aliphatic carbocycles. The fraction of sp³-hybridized carbons (Fsp3) is 0.600. The summed E-state index contributed by atoms with van der Waals surface area (Å²) in [5.74, 6) is 5.87. The van der Waals surface area contributed by atoms with Crippen molar-refractivity contribution in [1.29, 1.82) is 0 Å². The van der Waals surface area contributed by atoms with E-state index in [0.29, 0.717) is 16.7 Å². The molecule has 118 valence electrons. The van der Waals surface area contributed by atoms with E-state index in [1.165, 1.54) is 17.3 Å². The summed E-state index contributed by atoms with van der Waals surface area (Å²) in [6, 6.07) is 3.94. The first-order chi connectivity index (χ1) is 10.3. The van der Waals surface area contributed by atoms with Crippen LogP contribution in [-0.2, 0) is 6.54 Å². The molecule has 1 aromatic carbocycles. The van der Waals surface area contributed by atoms with Crippen molar-refractivity contribution in [2.24, 2.45) is 0 Å². The third-order valence-electron chi connectivity index (χ3n) is 3.36. The zero-order valence-electron chi connectivity index (χ0n) is 12.8. The molecule has 21 heavy (non-hydrogen) atoms. The predicted molar refractivity (Wildman–Crippen MR) is 91.4 cm³/mol. The molecule has 0 aromatic heterocycles. The molecule has 0 radical (unpaired) electrons. The number of thioether (sulfide) groups is 2. The molecule has 1 unspecified atom stereocenters. The summed E-state index contributed by atoms with van der Waals surface area (Å²) in [7, 11) is 4.93. The predicted octanol–water partition coefficient (Wildman–Crippen LogP) is 2.65. The molecule has 1 saturated heterocycles. The lowest BCUT2D eigenvalue weighted by Crippen LogP contribution is -2.28. The van der Waals surface area contributed by atoms with Crippen LogP contribution in [0.2, 0.25) is 0 Å². The smallest absolute Gasteiger partial charge is 0.203 e. The second-order valence-corrected chi connectivity index (χ2v) is 7.25. The van der Waals surface area contributed by atoms with E-state index in [1.807, 2.05) is 23.9 Å². The fourth-order valence-corrected chi connectivity index (χ4v) is 4.97. The van der Waals surface area contributed by atoms with Crippen molar-refractivity contribution < 1.29 is 14.2 Å². The number of rotatable bonds is 7. The molecule has 1 aliphatic rings. The molecule has 0 spiro atoms. The van der Waals surface area contributed by atoms with Crippen molar-refractivity contribution in [2.45, 2.75) is 11.8 Å². The van der Waals surface area contributed by atoms with Gasteiger partial charge in [0.05, 0.1) is 21.3 Å². The van der Waals surface area contributed by atoms with Gasteiger partial charge in [0.25, 0.3) is 0 Å². The molecule has 0 saturated carbocycles. The van der Waals surface area contributed by atoms with Gasteiger partial charge in [0.1, 0.15) is 0 Å². The summed E-state index contributed by atoms with van der Waals surface area (Å²) >= 11 is 4.11. The third kappa shape index (κ3) is 4.37. The summed E-state index contributed by atoms with van der Waals surface area (Å²) in [4.78, 5) is 0. The number of nitrogens with one attached hydrogen (secondary N) is 1. The molecule has 1 fully saturated rings. The lowest BCUT2D eigenvalue weighted by Gasteiger charge is -2.22. The van der Waals surface area contributed by atoms with Crippen molar-refractivity contribution >= 4 is 23.5 Å². The molecule has 0 amide bonds. The van der Waals surface area contributed by atoms with Crippen LogP contribution in [0.15, 0.2) is 12.1 Å². The van der Waals surface area contributed by atoms with E-state index in [0.717, 1.165) is 24.4 Å². The summed E-state index contributed by atoms with van der Waals surface area (Å²) in [5, 5.41) is 4.23. The van der Waals surface area contributed by atoms with Gasteiger partial charge in [-0.1, -0.05) is 6.07 Å².